The number of fused-ring (bicyclic) bond motifs is 1. The monoisotopic (exact) mass is 204 g/mol. The molecule has 0 saturated heterocycles. The highest BCUT2D eigenvalue weighted by Gasteiger charge is 2.24. The number of rotatable bonds is 1. The first-order valence-electron chi connectivity index (χ1n) is 5.06. The fourth-order valence-electron chi connectivity index (χ4n) is 1.86. The van der Waals surface area contributed by atoms with Crippen molar-refractivity contribution < 1.29 is 4.74 Å². The van der Waals surface area contributed by atoms with Gasteiger partial charge in [0.2, 0.25) is 0 Å². The van der Waals surface area contributed by atoms with Crippen molar-refractivity contribution in [3.63, 3.8) is 0 Å². The summed E-state index contributed by atoms with van der Waals surface area (Å²) < 4.78 is 5.32. The van der Waals surface area contributed by atoms with Crippen LogP contribution in [-0.2, 0) is 4.74 Å². The second-order valence-electron chi connectivity index (χ2n) is 3.55. The van der Waals surface area contributed by atoms with Crippen molar-refractivity contribution >= 4 is 11.8 Å². The lowest BCUT2D eigenvalue weighted by molar-refractivity contribution is 0.327. The van der Waals surface area contributed by atoms with Gasteiger partial charge in [0.1, 0.15) is 12.4 Å². The lowest BCUT2D eigenvalue weighted by atomic mass is 10.1. The van der Waals surface area contributed by atoms with Gasteiger partial charge >= 0.3 is 0 Å². The average Bonchev–Trinajstić information content (AvgIpc) is 2.89. The Hall–Kier alpha value is -1.78. The first kappa shape index (κ1) is 8.52. The molecule has 2 aliphatic heterocycles. The third-order valence-electron chi connectivity index (χ3n) is 2.57. The van der Waals surface area contributed by atoms with Crippen LogP contribution in [0.3, 0.4) is 0 Å². The van der Waals surface area contributed by atoms with Gasteiger partial charge in [-0.1, -0.05) is 6.07 Å². The molecule has 0 fully saturated rings. The van der Waals surface area contributed by atoms with Crippen LogP contribution in [0.15, 0.2) is 23.3 Å². The first-order chi connectivity index (χ1) is 7.43. The highest BCUT2D eigenvalue weighted by molar-refractivity contribution is 5.76. The quantitative estimate of drug-likeness (QED) is 0.700. The number of anilines is 1. The van der Waals surface area contributed by atoms with Crippen LogP contribution in [0.2, 0.25) is 0 Å². The summed E-state index contributed by atoms with van der Waals surface area (Å²) in [7, 11) is 0. The summed E-state index contributed by atoms with van der Waals surface area (Å²) in [6.07, 6.45) is 1.79. The van der Waals surface area contributed by atoms with Crippen LogP contribution < -0.4 is 10.6 Å². The largest absolute Gasteiger partial charge is 0.463 e. The van der Waals surface area contributed by atoms with Crippen LogP contribution in [0, 0.1) is 0 Å². The molecule has 0 aliphatic carbocycles. The van der Waals surface area contributed by atoms with E-state index >= 15 is 0 Å². The molecule has 78 valence electrons. The van der Waals surface area contributed by atoms with E-state index in [9.17, 15) is 0 Å². The van der Waals surface area contributed by atoms with Crippen molar-refractivity contribution in [2.75, 3.05) is 25.0 Å². The molecule has 5 nitrogen and oxygen atoms in total. The van der Waals surface area contributed by atoms with E-state index in [0.717, 1.165) is 18.9 Å². The Labute approximate surface area is 87.6 Å². The van der Waals surface area contributed by atoms with Crippen molar-refractivity contribution in [3.8, 4) is 0 Å². The van der Waals surface area contributed by atoms with Gasteiger partial charge in [0.05, 0.1) is 12.6 Å². The standard InChI is InChI=1S/C10H12N4O/c1-2-7-8(6-13-9(7)11-3-1)14-10-12-4-5-15-10/h1-3,8H,4-6H2,(H,11,13)(H,12,14). The number of nitrogens with one attached hydrogen (secondary N) is 2. The lowest BCUT2D eigenvalue weighted by Crippen LogP contribution is -2.29. The van der Waals surface area contributed by atoms with Crippen molar-refractivity contribution in [2.45, 2.75) is 6.04 Å². The maximum absolute atomic E-state index is 5.32. The van der Waals surface area contributed by atoms with Gasteiger partial charge < -0.3 is 15.4 Å². The number of ether oxygens (including phenoxy) is 1. The molecule has 2 N–H and O–H groups in total. The summed E-state index contributed by atoms with van der Waals surface area (Å²) in [6, 6.07) is 4.87. The summed E-state index contributed by atoms with van der Waals surface area (Å²) in [5, 5.41) is 6.50. The molecular weight excluding hydrogens is 192 g/mol. The molecule has 0 radical (unpaired) electrons. The highest BCUT2D eigenvalue weighted by Crippen LogP contribution is 2.26. The molecule has 1 aromatic rings. The summed E-state index contributed by atoms with van der Waals surface area (Å²) in [6.45, 7) is 2.26. The van der Waals surface area contributed by atoms with Gasteiger partial charge in [-0.05, 0) is 6.07 Å². The van der Waals surface area contributed by atoms with E-state index in [1.807, 2.05) is 6.07 Å². The summed E-state index contributed by atoms with van der Waals surface area (Å²) in [5.41, 5.74) is 1.18. The van der Waals surface area contributed by atoms with Gasteiger partial charge in [-0.15, -0.1) is 0 Å². The number of amidine groups is 1. The van der Waals surface area contributed by atoms with Crippen molar-refractivity contribution in [3.05, 3.63) is 23.9 Å². The molecule has 0 bridgehead atoms. The number of hydrogen-bond donors (Lipinski definition) is 2. The van der Waals surface area contributed by atoms with Gasteiger partial charge in [0, 0.05) is 18.3 Å². The molecule has 1 unspecified atom stereocenters. The predicted molar refractivity (Wildman–Crippen MR) is 56.9 cm³/mol. The van der Waals surface area contributed by atoms with E-state index in [-0.39, 0.29) is 6.04 Å². The van der Waals surface area contributed by atoms with Gasteiger partial charge in [-0.3, -0.25) is 0 Å². The Kier molecular flexibility index (Phi) is 1.94. The van der Waals surface area contributed by atoms with Gasteiger partial charge in [0.25, 0.3) is 6.02 Å². The van der Waals surface area contributed by atoms with E-state index < -0.39 is 0 Å². The average molecular weight is 204 g/mol. The van der Waals surface area contributed by atoms with Gasteiger partial charge in [0.15, 0.2) is 0 Å². The van der Waals surface area contributed by atoms with E-state index in [4.69, 9.17) is 4.74 Å². The Morgan fingerprint density at radius 1 is 1.53 bits per heavy atom. The minimum absolute atomic E-state index is 0.213. The Morgan fingerprint density at radius 2 is 2.53 bits per heavy atom. The maximum Gasteiger partial charge on any atom is 0.285 e. The number of aliphatic imine (C=N–C) groups is 1. The summed E-state index contributed by atoms with van der Waals surface area (Å²) in [5.74, 6) is 0.952. The van der Waals surface area contributed by atoms with E-state index in [1.54, 1.807) is 6.20 Å². The van der Waals surface area contributed by atoms with Crippen molar-refractivity contribution in [1.29, 1.82) is 0 Å². The molecule has 0 saturated carbocycles. The van der Waals surface area contributed by atoms with Crippen LogP contribution in [0.5, 0.6) is 0 Å². The second kappa shape index (κ2) is 3.42. The first-order valence-corrected chi connectivity index (χ1v) is 5.06. The number of hydrogen-bond acceptors (Lipinski definition) is 5. The molecule has 1 aromatic heterocycles. The topological polar surface area (TPSA) is 58.5 Å². The van der Waals surface area contributed by atoms with Gasteiger partial charge in [-0.25, -0.2) is 9.98 Å². The number of pyridine rings is 1. The zero-order chi connectivity index (χ0) is 10.1. The molecule has 5 heteroatoms. The van der Waals surface area contributed by atoms with E-state index in [0.29, 0.717) is 12.6 Å². The Morgan fingerprint density at radius 3 is 3.40 bits per heavy atom. The van der Waals surface area contributed by atoms with Crippen LogP contribution in [0.25, 0.3) is 0 Å². The Balaban J connectivity index is 1.79. The molecule has 3 heterocycles. The van der Waals surface area contributed by atoms with E-state index in [1.165, 1.54) is 5.56 Å². The smallest absolute Gasteiger partial charge is 0.285 e. The molecule has 2 aliphatic rings. The second-order valence-corrected chi connectivity index (χ2v) is 3.55. The molecule has 3 rings (SSSR count). The number of aromatic nitrogens is 1. The summed E-state index contributed by atoms with van der Waals surface area (Å²) in [4.78, 5) is 8.46. The molecule has 0 spiro atoms. The fraction of sp³-hybridized carbons (Fsp3) is 0.400. The molecule has 1 atom stereocenters. The normalized spacial score (nSPS) is 22.7. The lowest BCUT2D eigenvalue weighted by Gasteiger charge is -2.12. The third-order valence-corrected chi connectivity index (χ3v) is 2.57. The predicted octanol–water partition coefficient (Wildman–Crippen LogP) is 0.524. The third kappa shape index (κ3) is 1.49. The van der Waals surface area contributed by atoms with Crippen LogP contribution in [0.4, 0.5) is 5.82 Å². The van der Waals surface area contributed by atoms with E-state index in [2.05, 4.69) is 26.7 Å². The fourth-order valence-corrected chi connectivity index (χ4v) is 1.86. The molecular formula is C10H12N4O. The van der Waals surface area contributed by atoms with Crippen LogP contribution >= 0.6 is 0 Å². The minimum Gasteiger partial charge on any atom is -0.463 e. The molecule has 0 aromatic carbocycles. The van der Waals surface area contributed by atoms with Crippen LogP contribution in [-0.4, -0.2) is 30.7 Å². The highest BCUT2D eigenvalue weighted by atomic mass is 16.5. The Bertz CT molecular complexity index is 404. The molecule has 0 amide bonds. The SMILES string of the molecule is c1cnc2c(c1)C(NC1=NCCO1)CN2. The number of nitrogens with zero attached hydrogens (tertiary/aromatic N) is 2. The summed E-state index contributed by atoms with van der Waals surface area (Å²) >= 11 is 0. The van der Waals surface area contributed by atoms with Gasteiger partial charge in [-0.2, -0.15) is 0 Å². The molecule has 15 heavy (non-hydrogen) atoms. The zero-order valence-corrected chi connectivity index (χ0v) is 8.23. The van der Waals surface area contributed by atoms with Crippen molar-refractivity contribution in [2.24, 2.45) is 4.99 Å². The van der Waals surface area contributed by atoms with Crippen LogP contribution in [0.1, 0.15) is 11.6 Å². The maximum atomic E-state index is 5.32. The van der Waals surface area contributed by atoms with Crippen molar-refractivity contribution in [1.82, 2.24) is 10.3 Å². The minimum atomic E-state index is 0.213. The zero-order valence-electron chi connectivity index (χ0n) is 8.23.